The highest BCUT2D eigenvalue weighted by Gasteiger charge is 2.30. The van der Waals surface area contributed by atoms with Crippen molar-refractivity contribution >= 4 is 33.5 Å². The Morgan fingerprint density at radius 2 is 1.95 bits per heavy atom. The van der Waals surface area contributed by atoms with Gasteiger partial charge >= 0.3 is 16.1 Å². The summed E-state index contributed by atoms with van der Waals surface area (Å²) in [7, 11) is -3.42. The second kappa shape index (κ2) is 5.35. The van der Waals surface area contributed by atoms with Gasteiger partial charge in [-0.1, -0.05) is 11.6 Å². The van der Waals surface area contributed by atoms with Gasteiger partial charge in [-0.25, -0.2) is 4.79 Å². The van der Waals surface area contributed by atoms with Crippen molar-refractivity contribution in [2.45, 2.75) is 4.90 Å². The third-order valence-corrected chi connectivity index (χ3v) is 3.67. The fraction of sp³-hybridized carbons (Fsp3) is 0.0909. The third-order valence-electron chi connectivity index (χ3n) is 2.50. The fourth-order valence-corrected chi connectivity index (χ4v) is 2.55. The summed E-state index contributed by atoms with van der Waals surface area (Å²) in [6.07, 6.45) is 0. The van der Waals surface area contributed by atoms with Crippen LogP contribution in [0.15, 0.2) is 29.2 Å². The highest BCUT2D eigenvalue weighted by molar-refractivity contribution is 7.86. The lowest BCUT2D eigenvalue weighted by Crippen LogP contribution is -2.17. The lowest BCUT2D eigenvalue weighted by molar-refractivity contribution is 0.0718. The molecule has 0 aliphatic heterocycles. The van der Waals surface area contributed by atoms with Gasteiger partial charge in [0.25, 0.3) is 0 Å². The summed E-state index contributed by atoms with van der Waals surface area (Å²) < 4.78 is 37.6. The number of benzene rings is 1. The number of rotatable bonds is 3. The van der Waals surface area contributed by atoms with E-state index in [1.54, 1.807) is 0 Å². The zero-order valence-corrected chi connectivity index (χ0v) is 12.2. The molecule has 0 saturated heterocycles. The average molecular weight is 332 g/mol. The van der Waals surface area contributed by atoms with E-state index < -0.39 is 32.5 Å². The van der Waals surface area contributed by atoms with Gasteiger partial charge in [-0.3, -0.25) is 9.23 Å². The van der Waals surface area contributed by atoms with Crippen LogP contribution in [-0.4, -0.2) is 28.7 Å². The Balaban J connectivity index is 2.42. The zero-order chi connectivity index (χ0) is 15.8. The minimum Gasteiger partial charge on any atom is -0.422 e. The summed E-state index contributed by atoms with van der Waals surface area (Å²) >= 11 is 5.70. The van der Waals surface area contributed by atoms with Gasteiger partial charge in [0, 0.05) is 12.1 Å². The molecule has 1 aromatic carbocycles. The number of esters is 1. The van der Waals surface area contributed by atoms with Crippen LogP contribution >= 0.6 is 11.6 Å². The largest absolute Gasteiger partial charge is 0.422 e. The van der Waals surface area contributed by atoms with Crippen molar-refractivity contribution in [2.75, 3.05) is 5.73 Å². The number of nitrogens with two attached hydrogens (primary N) is 1. The Morgan fingerprint density at radius 1 is 1.38 bits per heavy atom. The van der Waals surface area contributed by atoms with Crippen molar-refractivity contribution in [1.29, 1.82) is 0 Å². The summed E-state index contributed by atoms with van der Waals surface area (Å²) in [5.41, 5.74) is 4.90. The van der Waals surface area contributed by atoms with Crippen molar-refractivity contribution in [1.82, 2.24) is 9.78 Å². The van der Waals surface area contributed by atoms with E-state index in [0.29, 0.717) is 5.02 Å². The molecule has 0 fully saturated rings. The molecular formula is C11H10ClN3O5S. The Labute approximate surface area is 124 Å². The number of ether oxygens (including phenoxy) is 1. The van der Waals surface area contributed by atoms with Gasteiger partial charge in [0.2, 0.25) is 0 Å². The van der Waals surface area contributed by atoms with Crippen LogP contribution in [-0.2, 0) is 17.2 Å². The minimum absolute atomic E-state index is 0.144. The second-order valence-corrected chi connectivity index (χ2v) is 5.80. The highest BCUT2D eigenvalue weighted by atomic mass is 35.5. The lowest BCUT2D eigenvalue weighted by atomic mass is 10.3. The maximum atomic E-state index is 12.1. The summed E-state index contributed by atoms with van der Waals surface area (Å²) in [5, 5.41) is 4.03. The number of hydrogen-bond donors (Lipinski definition) is 2. The van der Waals surface area contributed by atoms with Gasteiger partial charge in [0.15, 0.2) is 16.4 Å². The van der Waals surface area contributed by atoms with Gasteiger partial charge < -0.3 is 10.5 Å². The molecule has 1 heterocycles. The van der Waals surface area contributed by atoms with Crippen LogP contribution in [0.4, 0.5) is 5.82 Å². The summed E-state index contributed by atoms with van der Waals surface area (Å²) in [5.74, 6) is -1.38. The van der Waals surface area contributed by atoms with E-state index in [4.69, 9.17) is 26.6 Å². The smallest absolute Gasteiger partial charge is 0.363 e. The molecule has 0 saturated carbocycles. The standard InChI is InChI=1S/C11H10ClN3O5S/c1-15-8(9(10(13)14-15)21(17,18)19)11(16)20-7-4-2-6(12)3-5-7/h2-5H,1H3,(H2,13,14)(H,17,18,19). The van der Waals surface area contributed by atoms with E-state index in [1.807, 2.05) is 0 Å². The molecule has 0 spiro atoms. The van der Waals surface area contributed by atoms with Crippen molar-refractivity contribution in [3.05, 3.63) is 35.0 Å². The molecule has 10 heteroatoms. The first-order valence-electron chi connectivity index (χ1n) is 5.48. The molecule has 2 rings (SSSR count). The molecule has 8 nitrogen and oxygen atoms in total. The predicted octanol–water partition coefficient (Wildman–Crippen LogP) is 1.12. The lowest BCUT2D eigenvalue weighted by Gasteiger charge is -2.05. The van der Waals surface area contributed by atoms with Gasteiger partial charge in [0.05, 0.1) is 0 Å². The average Bonchev–Trinajstić information content (AvgIpc) is 2.67. The van der Waals surface area contributed by atoms with E-state index in [9.17, 15) is 13.2 Å². The summed E-state index contributed by atoms with van der Waals surface area (Å²) in [4.78, 5) is 11.3. The molecule has 0 aliphatic carbocycles. The molecule has 1 aromatic heterocycles. The van der Waals surface area contributed by atoms with Crippen LogP contribution in [0.3, 0.4) is 0 Å². The maximum Gasteiger partial charge on any atom is 0.363 e. The number of aryl methyl sites for hydroxylation is 1. The van der Waals surface area contributed by atoms with Crippen molar-refractivity contribution in [2.24, 2.45) is 7.05 Å². The molecule has 21 heavy (non-hydrogen) atoms. The minimum atomic E-state index is -4.72. The SMILES string of the molecule is Cn1nc(N)c(S(=O)(=O)O)c1C(=O)Oc1ccc(Cl)cc1. The Kier molecular flexibility index (Phi) is 3.90. The number of carbonyl (C=O) groups excluding carboxylic acids is 1. The number of aromatic nitrogens is 2. The molecule has 0 aliphatic rings. The number of nitrogen functional groups attached to an aromatic ring is 1. The van der Waals surface area contributed by atoms with E-state index in [-0.39, 0.29) is 5.75 Å². The molecule has 0 unspecified atom stereocenters. The highest BCUT2D eigenvalue weighted by Crippen LogP contribution is 2.24. The third kappa shape index (κ3) is 3.15. The molecular weight excluding hydrogens is 322 g/mol. The zero-order valence-electron chi connectivity index (χ0n) is 10.6. The maximum absolute atomic E-state index is 12.1. The van der Waals surface area contributed by atoms with Crippen LogP contribution < -0.4 is 10.5 Å². The molecule has 0 radical (unpaired) electrons. The van der Waals surface area contributed by atoms with E-state index in [2.05, 4.69) is 5.10 Å². The Morgan fingerprint density at radius 3 is 2.48 bits per heavy atom. The normalized spacial score (nSPS) is 11.4. The van der Waals surface area contributed by atoms with Crippen LogP contribution in [0.2, 0.25) is 5.02 Å². The van der Waals surface area contributed by atoms with Gasteiger partial charge in [-0.05, 0) is 24.3 Å². The van der Waals surface area contributed by atoms with E-state index >= 15 is 0 Å². The van der Waals surface area contributed by atoms with Gasteiger partial charge in [-0.2, -0.15) is 13.5 Å². The van der Waals surface area contributed by atoms with Crippen molar-refractivity contribution in [3.63, 3.8) is 0 Å². The molecule has 0 amide bonds. The number of hydrogen-bond acceptors (Lipinski definition) is 6. The second-order valence-electron chi connectivity index (χ2n) is 4.01. The topological polar surface area (TPSA) is 125 Å². The number of anilines is 1. The monoisotopic (exact) mass is 331 g/mol. The predicted molar refractivity (Wildman–Crippen MR) is 73.8 cm³/mol. The summed E-state index contributed by atoms with van der Waals surface area (Å²) in [6.45, 7) is 0. The molecule has 2 aromatic rings. The number of nitrogens with zero attached hydrogens (tertiary/aromatic N) is 2. The van der Waals surface area contributed by atoms with E-state index in [0.717, 1.165) is 4.68 Å². The van der Waals surface area contributed by atoms with Crippen LogP contribution in [0.1, 0.15) is 10.5 Å². The first-order chi connectivity index (χ1) is 9.70. The molecule has 112 valence electrons. The first kappa shape index (κ1) is 15.3. The van der Waals surface area contributed by atoms with Crippen LogP contribution in [0.5, 0.6) is 5.75 Å². The fourth-order valence-electron chi connectivity index (χ4n) is 1.66. The van der Waals surface area contributed by atoms with Gasteiger partial charge in [-0.15, -0.1) is 0 Å². The Hall–Kier alpha value is -2.10. The molecule has 3 N–H and O–H groups in total. The summed E-state index contributed by atoms with van der Waals surface area (Å²) in [6, 6.07) is 5.83. The van der Waals surface area contributed by atoms with Crippen LogP contribution in [0, 0.1) is 0 Å². The quantitative estimate of drug-likeness (QED) is 0.490. The van der Waals surface area contributed by atoms with Crippen LogP contribution in [0.25, 0.3) is 0 Å². The van der Waals surface area contributed by atoms with E-state index in [1.165, 1.54) is 31.3 Å². The van der Waals surface area contributed by atoms with Gasteiger partial charge in [0.1, 0.15) is 5.75 Å². The number of halogens is 1. The van der Waals surface area contributed by atoms with Crippen molar-refractivity contribution in [3.8, 4) is 5.75 Å². The number of carbonyl (C=O) groups is 1. The molecule has 0 atom stereocenters. The Bertz CT molecular complexity index is 798. The first-order valence-corrected chi connectivity index (χ1v) is 7.29. The van der Waals surface area contributed by atoms with Crippen molar-refractivity contribution < 1.29 is 22.5 Å². The molecule has 0 bridgehead atoms.